The first-order chi connectivity index (χ1) is 16.8. The molecular weight excluding hydrogens is 502 g/mol. The fraction of sp³-hybridized carbons (Fsp3) is 0.458. The van der Waals surface area contributed by atoms with Gasteiger partial charge in [-0.15, -0.1) is 0 Å². The maximum absolute atomic E-state index is 14.2. The van der Waals surface area contributed by atoms with Gasteiger partial charge in [-0.25, -0.2) is 12.8 Å². The van der Waals surface area contributed by atoms with Crippen molar-refractivity contribution in [3.05, 3.63) is 59.2 Å². The minimum Gasteiger partial charge on any atom is -0.347 e. The molecule has 1 N–H and O–H groups in total. The molecule has 7 nitrogen and oxygen atoms in total. The number of likely N-dealkylation sites (tertiary alicyclic amines) is 1. The molecule has 2 heterocycles. The second-order valence-electron chi connectivity index (χ2n) is 9.77. The SMILES string of the molecule is CS(=O)(=O)c1cncc(C(=O)N2[C@@H](C(=O)N[C@@H](c3ccc(C(F)(F)F)c(F)c3)C3CC3)CC3C[C@H]32)c1. The Morgan fingerprint density at radius 3 is 2.47 bits per heavy atom. The third-order valence-corrected chi connectivity index (χ3v) is 8.16. The van der Waals surface area contributed by atoms with Crippen LogP contribution in [0.5, 0.6) is 0 Å². The van der Waals surface area contributed by atoms with Crippen molar-refractivity contribution in [2.24, 2.45) is 11.8 Å². The summed E-state index contributed by atoms with van der Waals surface area (Å²) >= 11 is 0. The van der Waals surface area contributed by atoms with Crippen molar-refractivity contribution in [2.75, 3.05) is 6.26 Å². The average Bonchev–Trinajstić information content (AvgIpc) is 3.73. The van der Waals surface area contributed by atoms with Crippen molar-refractivity contribution in [1.82, 2.24) is 15.2 Å². The number of halogens is 4. The van der Waals surface area contributed by atoms with Gasteiger partial charge in [0.25, 0.3) is 5.91 Å². The number of carbonyl (C=O) groups is 2. The molecule has 0 bridgehead atoms. The second-order valence-corrected chi connectivity index (χ2v) is 11.8. The molecule has 1 saturated heterocycles. The molecule has 5 rings (SSSR count). The van der Waals surface area contributed by atoms with Gasteiger partial charge in [-0.05, 0) is 61.3 Å². The maximum atomic E-state index is 14.2. The van der Waals surface area contributed by atoms with E-state index in [2.05, 4.69) is 10.3 Å². The number of hydrogen-bond acceptors (Lipinski definition) is 5. The molecule has 12 heteroatoms. The van der Waals surface area contributed by atoms with Crippen LogP contribution in [-0.2, 0) is 20.8 Å². The van der Waals surface area contributed by atoms with Crippen LogP contribution in [0.4, 0.5) is 17.6 Å². The average molecular weight is 526 g/mol. The lowest BCUT2D eigenvalue weighted by molar-refractivity contribution is -0.140. The zero-order valence-corrected chi connectivity index (χ0v) is 19.9. The van der Waals surface area contributed by atoms with Gasteiger partial charge in [0.2, 0.25) is 5.91 Å². The number of carbonyl (C=O) groups excluding carboxylic acids is 2. The van der Waals surface area contributed by atoms with Gasteiger partial charge in [-0.3, -0.25) is 14.6 Å². The molecule has 1 unspecified atom stereocenters. The van der Waals surface area contributed by atoms with E-state index < -0.39 is 51.3 Å². The first-order valence-electron chi connectivity index (χ1n) is 11.5. The van der Waals surface area contributed by atoms with Gasteiger partial charge in [0.1, 0.15) is 11.9 Å². The van der Waals surface area contributed by atoms with Crippen LogP contribution < -0.4 is 5.32 Å². The van der Waals surface area contributed by atoms with Crippen molar-refractivity contribution < 1.29 is 35.6 Å². The number of pyridine rings is 1. The third kappa shape index (κ3) is 4.70. The Balaban J connectivity index is 1.37. The van der Waals surface area contributed by atoms with Crippen LogP contribution >= 0.6 is 0 Å². The summed E-state index contributed by atoms with van der Waals surface area (Å²) in [6, 6.07) is 2.22. The van der Waals surface area contributed by atoms with Gasteiger partial charge in [0.05, 0.1) is 22.1 Å². The van der Waals surface area contributed by atoms with E-state index in [-0.39, 0.29) is 33.9 Å². The zero-order valence-electron chi connectivity index (χ0n) is 19.1. The smallest absolute Gasteiger partial charge is 0.347 e. The number of piperidine rings is 1. The molecule has 36 heavy (non-hydrogen) atoms. The summed E-state index contributed by atoms with van der Waals surface area (Å²) in [5, 5.41) is 2.84. The molecule has 2 amide bonds. The van der Waals surface area contributed by atoms with Crippen LogP contribution in [0.1, 0.15) is 53.2 Å². The lowest BCUT2D eigenvalue weighted by atomic mass is 9.99. The molecule has 3 fully saturated rings. The quantitative estimate of drug-likeness (QED) is 0.583. The predicted octanol–water partition coefficient (Wildman–Crippen LogP) is 3.51. The van der Waals surface area contributed by atoms with E-state index in [0.29, 0.717) is 12.5 Å². The molecule has 1 aromatic heterocycles. The van der Waals surface area contributed by atoms with Gasteiger partial charge in [0.15, 0.2) is 9.84 Å². The third-order valence-electron chi connectivity index (χ3n) is 7.08. The summed E-state index contributed by atoms with van der Waals surface area (Å²) in [7, 11) is -3.59. The number of nitrogens with zero attached hydrogens (tertiary/aromatic N) is 2. The number of nitrogens with one attached hydrogen (secondary N) is 1. The van der Waals surface area contributed by atoms with E-state index in [0.717, 1.165) is 37.8 Å². The van der Waals surface area contributed by atoms with Gasteiger partial charge in [0, 0.05) is 24.7 Å². The Morgan fingerprint density at radius 1 is 1.14 bits per heavy atom. The summed E-state index contributed by atoms with van der Waals surface area (Å²) in [5.41, 5.74) is -1.08. The molecule has 2 saturated carbocycles. The molecule has 0 radical (unpaired) electrons. The Bertz CT molecular complexity index is 1340. The van der Waals surface area contributed by atoms with Gasteiger partial charge in [-0.2, -0.15) is 13.2 Å². The van der Waals surface area contributed by atoms with Crippen molar-refractivity contribution in [2.45, 2.75) is 54.9 Å². The van der Waals surface area contributed by atoms with Crippen LogP contribution in [0.3, 0.4) is 0 Å². The van der Waals surface area contributed by atoms with E-state index in [4.69, 9.17) is 0 Å². The molecule has 2 aromatic rings. The topological polar surface area (TPSA) is 96.4 Å². The molecule has 4 atom stereocenters. The number of sulfone groups is 1. The van der Waals surface area contributed by atoms with Gasteiger partial charge in [-0.1, -0.05) is 6.07 Å². The number of aromatic nitrogens is 1. The van der Waals surface area contributed by atoms with E-state index in [1.165, 1.54) is 23.2 Å². The molecule has 1 aromatic carbocycles. The first-order valence-corrected chi connectivity index (χ1v) is 13.4. The van der Waals surface area contributed by atoms with Crippen LogP contribution in [0.15, 0.2) is 41.6 Å². The number of amides is 2. The Labute approximate surface area is 204 Å². The Hall–Kier alpha value is -3.02. The monoisotopic (exact) mass is 525 g/mol. The summed E-state index contributed by atoms with van der Waals surface area (Å²) < 4.78 is 76.9. The van der Waals surface area contributed by atoms with Gasteiger partial charge < -0.3 is 10.2 Å². The fourth-order valence-corrected chi connectivity index (χ4v) is 5.57. The number of fused-ring (bicyclic) bond motifs is 1. The highest BCUT2D eigenvalue weighted by Gasteiger charge is 2.56. The van der Waals surface area contributed by atoms with Crippen molar-refractivity contribution in [3.8, 4) is 0 Å². The maximum Gasteiger partial charge on any atom is 0.419 e. The lowest BCUT2D eigenvalue weighted by Crippen LogP contribution is -2.49. The highest BCUT2D eigenvalue weighted by Crippen LogP contribution is 2.49. The van der Waals surface area contributed by atoms with E-state index in [9.17, 15) is 35.6 Å². The summed E-state index contributed by atoms with van der Waals surface area (Å²) in [6.45, 7) is 0. The molecule has 0 spiro atoms. The Morgan fingerprint density at radius 2 is 1.86 bits per heavy atom. The summed E-state index contributed by atoms with van der Waals surface area (Å²) in [5.74, 6) is -2.29. The highest BCUT2D eigenvalue weighted by atomic mass is 32.2. The normalized spacial score (nSPS) is 24.2. The number of benzene rings is 1. The van der Waals surface area contributed by atoms with E-state index in [1.54, 1.807) is 0 Å². The molecule has 1 aliphatic heterocycles. The molecule has 2 aliphatic carbocycles. The number of hydrogen-bond donors (Lipinski definition) is 1. The first kappa shape index (κ1) is 24.7. The number of alkyl halides is 3. The molecule has 3 aliphatic rings. The predicted molar refractivity (Wildman–Crippen MR) is 119 cm³/mol. The Kier molecular flexibility index (Phi) is 5.85. The summed E-state index contributed by atoms with van der Waals surface area (Å²) in [6.07, 6.45) is 1.18. The minimum atomic E-state index is -4.82. The zero-order chi connectivity index (χ0) is 26.0. The highest BCUT2D eigenvalue weighted by molar-refractivity contribution is 7.90. The van der Waals surface area contributed by atoms with Crippen LogP contribution in [0.25, 0.3) is 0 Å². The minimum absolute atomic E-state index is 0.0409. The number of rotatable bonds is 6. The van der Waals surface area contributed by atoms with Crippen LogP contribution in [-0.4, -0.2) is 48.5 Å². The van der Waals surface area contributed by atoms with Crippen molar-refractivity contribution in [1.29, 1.82) is 0 Å². The van der Waals surface area contributed by atoms with Crippen LogP contribution in [0, 0.1) is 17.7 Å². The van der Waals surface area contributed by atoms with Gasteiger partial charge >= 0.3 is 6.18 Å². The lowest BCUT2D eigenvalue weighted by Gasteiger charge is -2.29. The standard InChI is InChI=1S/C24H23F4N3O4S/c1-36(34,35)16-6-15(10-29-11-16)23(33)31-19-8-14(19)9-20(31)22(32)30-21(12-2-3-12)13-4-5-17(18(25)7-13)24(26,27)28/h4-7,10-12,14,19-21H,2-3,8-9H2,1H3,(H,30,32)/t14?,19-,20-,21-/m1/s1. The molecule has 192 valence electrons. The molecular formula is C24H23F4N3O4S. The van der Waals surface area contributed by atoms with E-state index >= 15 is 0 Å². The fourth-order valence-electron chi connectivity index (χ4n) is 4.98. The second kappa shape index (κ2) is 8.53. The van der Waals surface area contributed by atoms with Crippen molar-refractivity contribution in [3.63, 3.8) is 0 Å². The van der Waals surface area contributed by atoms with Crippen LogP contribution in [0.2, 0.25) is 0 Å². The largest absolute Gasteiger partial charge is 0.419 e. The summed E-state index contributed by atoms with van der Waals surface area (Å²) in [4.78, 5) is 31.8. The van der Waals surface area contributed by atoms with Crippen molar-refractivity contribution >= 4 is 21.7 Å². The van der Waals surface area contributed by atoms with E-state index in [1.807, 2.05) is 0 Å².